The van der Waals surface area contributed by atoms with Gasteiger partial charge in [0, 0.05) is 11.1 Å². The standard InChI is InChI=1S/C7H6ClO/c1-5-4-6(8)2-3-7(5)9/h3-4,9H,1H3. The van der Waals surface area contributed by atoms with Gasteiger partial charge in [0.15, 0.2) is 0 Å². The fourth-order valence-electron chi connectivity index (χ4n) is 0.557. The van der Waals surface area contributed by atoms with Crippen LogP contribution in [-0.4, -0.2) is 5.11 Å². The van der Waals surface area contributed by atoms with Crippen molar-refractivity contribution in [2.24, 2.45) is 0 Å². The number of rotatable bonds is 0. The van der Waals surface area contributed by atoms with E-state index in [2.05, 4.69) is 6.07 Å². The molecule has 1 nitrogen and oxygen atoms in total. The van der Waals surface area contributed by atoms with Crippen LogP contribution in [-0.2, 0) is 0 Å². The van der Waals surface area contributed by atoms with Gasteiger partial charge in [0.25, 0.3) is 0 Å². The zero-order valence-electron chi connectivity index (χ0n) is 4.98. The van der Waals surface area contributed by atoms with E-state index >= 15 is 0 Å². The third-order valence-corrected chi connectivity index (χ3v) is 1.31. The van der Waals surface area contributed by atoms with Crippen molar-refractivity contribution < 1.29 is 5.11 Å². The van der Waals surface area contributed by atoms with E-state index in [4.69, 9.17) is 16.7 Å². The second-order valence-electron chi connectivity index (χ2n) is 1.85. The maximum atomic E-state index is 8.95. The Hall–Kier alpha value is -0.690. The van der Waals surface area contributed by atoms with Gasteiger partial charge in [-0.15, -0.1) is 0 Å². The summed E-state index contributed by atoms with van der Waals surface area (Å²) in [6, 6.07) is 5.78. The predicted molar refractivity (Wildman–Crippen MR) is 36.7 cm³/mol. The summed E-state index contributed by atoms with van der Waals surface area (Å²) < 4.78 is 0. The van der Waals surface area contributed by atoms with E-state index in [1.165, 1.54) is 6.07 Å². The minimum absolute atomic E-state index is 0.236. The van der Waals surface area contributed by atoms with Crippen molar-refractivity contribution in [2.75, 3.05) is 0 Å². The molecule has 0 saturated carbocycles. The van der Waals surface area contributed by atoms with Crippen LogP contribution in [0.3, 0.4) is 0 Å². The van der Waals surface area contributed by atoms with Gasteiger partial charge in [-0.2, -0.15) is 0 Å². The van der Waals surface area contributed by atoms with E-state index in [9.17, 15) is 0 Å². The van der Waals surface area contributed by atoms with Crippen molar-refractivity contribution in [3.05, 3.63) is 28.8 Å². The summed E-state index contributed by atoms with van der Waals surface area (Å²) in [5.41, 5.74) is 0.777. The van der Waals surface area contributed by atoms with Crippen LogP contribution in [0, 0.1) is 13.0 Å². The minimum Gasteiger partial charge on any atom is -0.508 e. The molecule has 0 atom stereocenters. The highest BCUT2D eigenvalue weighted by Crippen LogP contribution is 2.18. The maximum absolute atomic E-state index is 8.95. The average molecular weight is 142 g/mol. The van der Waals surface area contributed by atoms with Gasteiger partial charge in [0.2, 0.25) is 0 Å². The predicted octanol–water partition coefficient (Wildman–Crippen LogP) is 2.15. The SMILES string of the molecule is Cc1cc(Cl)[c]cc1O. The molecule has 1 aromatic rings. The molecule has 1 rings (SSSR count). The topological polar surface area (TPSA) is 20.2 Å². The van der Waals surface area contributed by atoms with Crippen molar-refractivity contribution in [2.45, 2.75) is 6.92 Å². The molecule has 0 amide bonds. The molecule has 0 aromatic heterocycles. The van der Waals surface area contributed by atoms with Gasteiger partial charge < -0.3 is 5.11 Å². The molecule has 0 heterocycles. The van der Waals surface area contributed by atoms with Crippen molar-refractivity contribution in [3.8, 4) is 5.75 Å². The number of halogens is 1. The zero-order chi connectivity index (χ0) is 6.85. The fraction of sp³-hybridized carbons (Fsp3) is 0.143. The molecule has 1 aromatic carbocycles. The van der Waals surface area contributed by atoms with Crippen molar-refractivity contribution in [1.82, 2.24) is 0 Å². The highest BCUT2D eigenvalue weighted by molar-refractivity contribution is 6.30. The summed E-state index contributed by atoms with van der Waals surface area (Å²) in [6.45, 7) is 1.79. The van der Waals surface area contributed by atoms with E-state index < -0.39 is 0 Å². The number of aromatic hydroxyl groups is 1. The largest absolute Gasteiger partial charge is 0.508 e. The maximum Gasteiger partial charge on any atom is 0.119 e. The second kappa shape index (κ2) is 2.28. The molecule has 2 heteroatoms. The first-order valence-corrected chi connectivity index (χ1v) is 2.95. The molecule has 9 heavy (non-hydrogen) atoms. The first-order chi connectivity index (χ1) is 4.20. The molecule has 0 aliphatic rings. The van der Waals surface area contributed by atoms with Crippen LogP contribution in [0.4, 0.5) is 0 Å². The van der Waals surface area contributed by atoms with Crippen molar-refractivity contribution in [3.63, 3.8) is 0 Å². The number of phenols is 1. The van der Waals surface area contributed by atoms with Gasteiger partial charge in [-0.3, -0.25) is 0 Å². The Kier molecular flexibility index (Phi) is 1.63. The lowest BCUT2D eigenvalue weighted by Crippen LogP contribution is -1.72. The average Bonchev–Trinajstić information content (AvgIpc) is 1.80. The highest BCUT2D eigenvalue weighted by atomic mass is 35.5. The van der Waals surface area contributed by atoms with Crippen LogP contribution >= 0.6 is 11.6 Å². The number of aryl methyl sites for hydroxylation is 1. The van der Waals surface area contributed by atoms with E-state index in [0.29, 0.717) is 5.02 Å². The number of hydrogen-bond donors (Lipinski definition) is 1. The number of benzene rings is 1. The van der Waals surface area contributed by atoms with Crippen LogP contribution in [0.2, 0.25) is 5.02 Å². The molecule has 47 valence electrons. The number of phenolic OH excluding ortho intramolecular Hbond substituents is 1. The monoisotopic (exact) mass is 141 g/mol. The number of hydrogen-bond acceptors (Lipinski definition) is 1. The van der Waals surface area contributed by atoms with Gasteiger partial charge in [-0.05, 0) is 24.6 Å². The van der Waals surface area contributed by atoms with Crippen LogP contribution in [0.25, 0.3) is 0 Å². The Morgan fingerprint density at radius 2 is 2.33 bits per heavy atom. The Morgan fingerprint density at radius 3 is 2.78 bits per heavy atom. The third kappa shape index (κ3) is 1.36. The molecule has 1 N–H and O–H groups in total. The first-order valence-electron chi connectivity index (χ1n) is 2.57. The molecule has 0 aliphatic carbocycles. The summed E-state index contributed by atoms with van der Waals surface area (Å²) in [7, 11) is 0. The zero-order valence-corrected chi connectivity index (χ0v) is 5.74. The summed E-state index contributed by atoms with van der Waals surface area (Å²) in [5, 5.41) is 9.49. The van der Waals surface area contributed by atoms with Crippen molar-refractivity contribution >= 4 is 11.6 Å². The minimum atomic E-state index is 0.236. The van der Waals surface area contributed by atoms with Gasteiger partial charge in [-0.1, -0.05) is 11.6 Å². The van der Waals surface area contributed by atoms with Crippen LogP contribution in [0.1, 0.15) is 5.56 Å². The first kappa shape index (κ1) is 6.43. The van der Waals surface area contributed by atoms with Gasteiger partial charge in [0.1, 0.15) is 5.75 Å². The van der Waals surface area contributed by atoms with Crippen LogP contribution in [0.5, 0.6) is 5.75 Å². The molecule has 0 bridgehead atoms. The quantitative estimate of drug-likeness (QED) is 0.587. The molecule has 0 aliphatic heterocycles. The fourth-order valence-corrected chi connectivity index (χ4v) is 0.775. The third-order valence-electron chi connectivity index (χ3n) is 1.09. The lowest BCUT2D eigenvalue weighted by molar-refractivity contribution is 0.471. The van der Waals surface area contributed by atoms with E-state index in [1.54, 1.807) is 13.0 Å². The van der Waals surface area contributed by atoms with Gasteiger partial charge in [-0.25, -0.2) is 0 Å². The van der Waals surface area contributed by atoms with E-state index in [0.717, 1.165) is 5.56 Å². The van der Waals surface area contributed by atoms with E-state index in [-0.39, 0.29) is 5.75 Å². The van der Waals surface area contributed by atoms with E-state index in [1.807, 2.05) is 0 Å². The Balaban J connectivity index is 3.17. The molecule has 1 radical (unpaired) electrons. The Bertz CT molecular complexity index is 220. The molecule has 0 saturated heterocycles. The summed E-state index contributed by atoms with van der Waals surface area (Å²) >= 11 is 5.55. The van der Waals surface area contributed by atoms with Crippen LogP contribution < -0.4 is 0 Å². The summed E-state index contributed by atoms with van der Waals surface area (Å²) in [5.74, 6) is 0.236. The smallest absolute Gasteiger partial charge is 0.119 e. The summed E-state index contributed by atoms with van der Waals surface area (Å²) in [4.78, 5) is 0. The lowest BCUT2D eigenvalue weighted by Gasteiger charge is -1.95. The highest BCUT2D eigenvalue weighted by Gasteiger charge is 1.93. The lowest BCUT2D eigenvalue weighted by atomic mass is 10.2. The Labute approximate surface area is 58.9 Å². The van der Waals surface area contributed by atoms with Crippen LogP contribution in [0.15, 0.2) is 12.1 Å². The second-order valence-corrected chi connectivity index (χ2v) is 2.26. The molecule has 0 spiro atoms. The van der Waals surface area contributed by atoms with Gasteiger partial charge >= 0.3 is 0 Å². The summed E-state index contributed by atoms with van der Waals surface area (Å²) in [6.07, 6.45) is 0. The normalized spacial score (nSPS) is 9.56. The molecular formula is C7H6ClO. The Morgan fingerprint density at radius 1 is 1.67 bits per heavy atom. The van der Waals surface area contributed by atoms with Gasteiger partial charge in [0.05, 0.1) is 0 Å². The van der Waals surface area contributed by atoms with Crippen molar-refractivity contribution in [1.29, 1.82) is 0 Å². The molecule has 0 unspecified atom stereocenters. The molecule has 0 fully saturated rings. The molecular weight excluding hydrogens is 136 g/mol.